The third kappa shape index (κ3) is 4.70. The third-order valence-electron chi connectivity index (χ3n) is 7.59. The Labute approximate surface area is 203 Å². The van der Waals surface area contributed by atoms with Crippen LogP contribution in [-0.4, -0.2) is 56.1 Å². The standard InChI is InChI=1S/C24H38BFN2O5Si/c1-15(14-31-34(10,11)22(2,3)4)28-20(21(29)30-9)17-12-16(13-18(26)19(17)27-28)25-32-23(5,6)24(7,8)33-25/h12-13,15H,14H2,1-11H3/t15-/m0/s1. The maximum absolute atomic E-state index is 15.3. The maximum atomic E-state index is 15.3. The summed E-state index contributed by atoms with van der Waals surface area (Å²) in [6.45, 7) is 20.8. The van der Waals surface area contributed by atoms with E-state index in [1.807, 2.05) is 34.6 Å². The van der Waals surface area contributed by atoms with Gasteiger partial charge in [-0.05, 0) is 64.3 Å². The van der Waals surface area contributed by atoms with Crippen LogP contribution in [0.2, 0.25) is 18.1 Å². The topological polar surface area (TPSA) is 71.8 Å². The van der Waals surface area contributed by atoms with Gasteiger partial charge in [0.1, 0.15) is 5.52 Å². The van der Waals surface area contributed by atoms with Crippen molar-refractivity contribution in [2.45, 2.75) is 90.8 Å². The molecule has 1 aromatic heterocycles. The Balaban J connectivity index is 2.04. The van der Waals surface area contributed by atoms with Crippen LogP contribution in [0.4, 0.5) is 4.39 Å². The highest BCUT2D eigenvalue weighted by molar-refractivity contribution is 6.74. The minimum absolute atomic E-state index is 0.0383. The molecule has 0 saturated carbocycles. The number of carbonyl (C=O) groups excluding carboxylic acids is 1. The molecule has 2 aromatic rings. The van der Waals surface area contributed by atoms with Crippen molar-refractivity contribution in [1.82, 2.24) is 9.78 Å². The second kappa shape index (κ2) is 8.73. The first-order valence-corrected chi connectivity index (χ1v) is 14.6. The highest BCUT2D eigenvalue weighted by Crippen LogP contribution is 2.38. The number of benzene rings is 1. The highest BCUT2D eigenvalue weighted by Gasteiger charge is 2.52. The largest absolute Gasteiger partial charge is 0.494 e. The Hall–Kier alpha value is -1.75. The van der Waals surface area contributed by atoms with Crippen LogP contribution in [-0.2, 0) is 18.5 Å². The van der Waals surface area contributed by atoms with Crippen LogP contribution in [0.5, 0.6) is 0 Å². The van der Waals surface area contributed by atoms with Crippen LogP contribution < -0.4 is 5.46 Å². The average Bonchev–Trinajstić information content (AvgIpc) is 3.19. The first-order valence-electron chi connectivity index (χ1n) is 11.7. The van der Waals surface area contributed by atoms with Crippen LogP contribution in [0, 0.1) is 5.82 Å². The lowest BCUT2D eigenvalue weighted by molar-refractivity contribution is 0.00578. The number of hydrogen-bond acceptors (Lipinski definition) is 6. The van der Waals surface area contributed by atoms with Gasteiger partial charge in [-0.25, -0.2) is 9.18 Å². The van der Waals surface area contributed by atoms with E-state index in [4.69, 9.17) is 18.5 Å². The Morgan fingerprint density at radius 3 is 2.26 bits per heavy atom. The summed E-state index contributed by atoms with van der Waals surface area (Å²) in [6, 6.07) is 2.76. The molecule has 0 aliphatic carbocycles. The van der Waals surface area contributed by atoms with E-state index in [2.05, 4.69) is 39.0 Å². The number of methoxy groups -OCH3 is 1. The zero-order chi connectivity index (χ0) is 25.9. The van der Waals surface area contributed by atoms with Crippen molar-refractivity contribution in [2.24, 2.45) is 0 Å². The van der Waals surface area contributed by atoms with E-state index < -0.39 is 38.4 Å². The lowest BCUT2D eigenvalue weighted by atomic mass is 9.78. The quantitative estimate of drug-likeness (QED) is 0.424. The summed E-state index contributed by atoms with van der Waals surface area (Å²) in [5.41, 5.74) is -0.387. The van der Waals surface area contributed by atoms with E-state index >= 15 is 4.39 Å². The molecule has 1 aliphatic rings. The Morgan fingerprint density at radius 2 is 1.76 bits per heavy atom. The Kier molecular flexibility index (Phi) is 6.89. The first kappa shape index (κ1) is 26.8. The van der Waals surface area contributed by atoms with Gasteiger partial charge < -0.3 is 18.5 Å². The summed E-state index contributed by atoms with van der Waals surface area (Å²) >= 11 is 0. The van der Waals surface area contributed by atoms with Gasteiger partial charge in [0.05, 0.1) is 31.0 Å². The fourth-order valence-electron chi connectivity index (χ4n) is 3.53. The molecule has 1 saturated heterocycles. The van der Waals surface area contributed by atoms with Crippen molar-refractivity contribution < 1.29 is 27.7 Å². The fourth-order valence-corrected chi connectivity index (χ4v) is 4.62. The molecule has 10 heteroatoms. The zero-order valence-corrected chi connectivity index (χ0v) is 23.3. The lowest BCUT2D eigenvalue weighted by Crippen LogP contribution is -2.42. The number of fused-ring (bicyclic) bond motifs is 1. The summed E-state index contributed by atoms with van der Waals surface area (Å²) in [5, 5.41) is 4.86. The molecule has 2 heterocycles. The molecule has 1 fully saturated rings. The second-order valence-corrected chi connectivity index (χ2v) is 16.5. The molecule has 0 spiro atoms. The molecular weight excluding hydrogens is 454 g/mol. The van der Waals surface area contributed by atoms with Crippen molar-refractivity contribution >= 4 is 37.8 Å². The van der Waals surface area contributed by atoms with Gasteiger partial charge in [-0.15, -0.1) is 0 Å². The van der Waals surface area contributed by atoms with Gasteiger partial charge in [-0.3, -0.25) is 4.68 Å². The number of nitrogens with zero attached hydrogens (tertiary/aromatic N) is 2. The monoisotopic (exact) mass is 492 g/mol. The molecule has 0 N–H and O–H groups in total. The predicted molar refractivity (Wildman–Crippen MR) is 135 cm³/mol. The molecule has 1 aliphatic heterocycles. The number of rotatable bonds is 6. The molecule has 1 atom stereocenters. The maximum Gasteiger partial charge on any atom is 0.494 e. The molecule has 0 amide bonds. The van der Waals surface area contributed by atoms with Crippen molar-refractivity contribution in [3.8, 4) is 0 Å². The summed E-state index contributed by atoms with van der Waals surface area (Å²) in [4.78, 5) is 12.8. The number of aromatic nitrogens is 2. The number of esters is 1. The van der Waals surface area contributed by atoms with Crippen LogP contribution in [0.15, 0.2) is 12.1 Å². The summed E-state index contributed by atoms with van der Waals surface area (Å²) in [5.74, 6) is -1.14. The Morgan fingerprint density at radius 1 is 1.21 bits per heavy atom. The number of halogens is 1. The zero-order valence-electron chi connectivity index (χ0n) is 22.3. The molecular formula is C24H38BFN2O5Si. The van der Waals surface area contributed by atoms with E-state index in [0.717, 1.165) is 0 Å². The van der Waals surface area contributed by atoms with Gasteiger partial charge in [-0.2, -0.15) is 5.10 Å². The van der Waals surface area contributed by atoms with Crippen molar-refractivity contribution in [2.75, 3.05) is 13.7 Å². The van der Waals surface area contributed by atoms with E-state index in [1.54, 1.807) is 6.07 Å². The smallest absolute Gasteiger partial charge is 0.464 e. The van der Waals surface area contributed by atoms with Gasteiger partial charge in [0.15, 0.2) is 19.8 Å². The van der Waals surface area contributed by atoms with Crippen molar-refractivity contribution in [3.63, 3.8) is 0 Å². The predicted octanol–water partition coefficient (Wildman–Crippen LogP) is 4.84. The lowest BCUT2D eigenvalue weighted by Gasteiger charge is -2.37. The Bertz CT molecular complexity index is 1080. The molecule has 34 heavy (non-hydrogen) atoms. The van der Waals surface area contributed by atoms with Gasteiger partial charge in [0.2, 0.25) is 0 Å². The van der Waals surface area contributed by atoms with Gasteiger partial charge >= 0.3 is 13.1 Å². The number of hydrogen-bond donors (Lipinski definition) is 0. The molecule has 188 valence electrons. The van der Waals surface area contributed by atoms with Gasteiger partial charge in [-0.1, -0.05) is 26.8 Å². The van der Waals surface area contributed by atoms with E-state index in [-0.39, 0.29) is 22.3 Å². The summed E-state index contributed by atoms with van der Waals surface area (Å²) < 4.78 is 40.4. The van der Waals surface area contributed by atoms with E-state index in [0.29, 0.717) is 17.5 Å². The SMILES string of the molecule is COC(=O)c1c2cc(B3OC(C)(C)C(C)(C)O3)cc(F)c2nn1[C@@H](C)CO[Si](C)(C)C(C)(C)C. The minimum atomic E-state index is -2.02. The van der Waals surface area contributed by atoms with Gasteiger partial charge in [0, 0.05) is 5.39 Å². The van der Waals surface area contributed by atoms with Crippen LogP contribution in [0.1, 0.15) is 71.9 Å². The van der Waals surface area contributed by atoms with Crippen molar-refractivity contribution in [3.05, 3.63) is 23.6 Å². The highest BCUT2D eigenvalue weighted by atomic mass is 28.4. The molecule has 0 bridgehead atoms. The normalized spacial score (nSPS) is 19.0. The van der Waals surface area contributed by atoms with E-state index in [1.165, 1.54) is 17.9 Å². The molecule has 3 rings (SSSR count). The molecule has 0 unspecified atom stereocenters. The van der Waals surface area contributed by atoms with Crippen molar-refractivity contribution in [1.29, 1.82) is 0 Å². The molecule has 7 nitrogen and oxygen atoms in total. The average molecular weight is 492 g/mol. The first-order chi connectivity index (χ1) is 15.4. The van der Waals surface area contributed by atoms with E-state index in [9.17, 15) is 4.79 Å². The molecule has 0 radical (unpaired) electrons. The number of ether oxygens (including phenoxy) is 1. The third-order valence-corrected chi connectivity index (χ3v) is 12.1. The van der Waals surface area contributed by atoms with Crippen LogP contribution in [0.3, 0.4) is 0 Å². The van der Waals surface area contributed by atoms with Gasteiger partial charge in [0.25, 0.3) is 0 Å². The fraction of sp³-hybridized carbons (Fsp3) is 0.667. The summed E-state index contributed by atoms with van der Waals surface area (Å²) in [7, 11) is -1.49. The minimum Gasteiger partial charge on any atom is -0.464 e. The summed E-state index contributed by atoms with van der Waals surface area (Å²) in [6.07, 6.45) is 0. The second-order valence-electron chi connectivity index (χ2n) is 11.7. The van der Waals surface area contributed by atoms with Crippen LogP contribution >= 0.6 is 0 Å². The number of carbonyl (C=O) groups is 1. The molecule has 1 aromatic carbocycles. The van der Waals surface area contributed by atoms with Crippen LogP contribution in [0.25, 0.3) is 10.9 Å².